The van der Waals surface area contributed by atoms with Gasteiger partial charge in [-0.2, -0.15) is 0 Å². The van der Waals surface area contributed by atoms with Crippen molar-refractivity contribution in [3.63, 3.8) is 0 Å². The van der Waals surface area contributed by atoms with Crippen LogP contribution in [0, 0.1) is 11.8 Å². The van der Waals surface area contributed by atoms with Gasteiger partial charge in [0.2, 0.25) is 5.91 Å². The number of aromatic nitrogens is 6. The van der Waals surface area contributed by atoms with Gasteiger partial charge >= 0.3 is 5.97 Å². The van der Waals surface area contributed by atoms with E-state index in [4.69, 9.17) is 0 Å². The summed E-state index contributed by atoms with van der Waals surface area (Å²) < 4.78 is 0. The van der Waals surface area contributed by atoms with Crippen LogP contribution in [0.3, 0.4) is 0 Å². The molecule has 2 aliphatic carbocycles. The molecule has 284 valence electrons. The Morgan fingerprint density at radius 3 is 1.75 bits per heavy atom. The Kier molecular flexibility index (Phi) is 9.45. The van der Waals surface area contributed by atoms with E-state index >= 15 is 0 Å². The number of hydrogen-bond donors (Lipinski definition) is 6. The highest BCUT2D eigenvalue weighted by molar-refractivity contribution is 8.14. The van der Waals surface area contributed by atoms with E-state index in [0.717, 1.165) is 89.9 Å². The molecule has 0 spiro atoms. The highest BCUT2D eigenvalue weighted by Gasteiger charge is 2.31. The number of fused-ring (bicyclic) bond motifs is 8. The minimum Gasteiger partial charge on any atom is -0.481 e. The summed E-state index contributed by atoms with van der Waals surface area (Å²) in [5.74, 6) is 0.306. The molecule has 6 aromatic rings. The Balaban J connectivity index is 0.000000147. The molecule has 0 saturated heterocycles. The summed E-state index contributed by atoms with van der Waals surface area (Å²) in [7, 11) is 0. The van der Waals surface area contributed by atoms with Crippen LogP contribution < -0.4 is 16.0 Å². The number of amides is 1. The van der Waals surface area contributed by atoms with Crippen LogP contribution in [0.1, 0.15) is 53.4 Å². The van der Waals surface area contributed by atoms with Crippen molar-refractivity contribution < 1.29 is 24.3 Å². The zero-order valence-corrected chi connectivity index (χ0v) is 32.0. The number of anilines is 4. The predicted molar refractivity (Wildman–Crippen MR) is 214 cm³/mol. The number of H-pyrrole nitrogens is 2. The molecule has 2 aliphatic heterocycles. The number of hydrogen-bond acceptors (Lipinski definition) is 12. The molecule has 56 heavy (non-hydrogen) atoms. The number of carboxylic acids is 1. The smallest absolute Gasteiger partial charge is 0.306 e. The first-order valence-corrected chi connectivity index (χ1v) is 20.2. The molecule has 0 saturated carbocycles. The van der Waals surface area contributed by atoms with Gasteiger partial charge in [-0.25, -0.2) is 19.9 Å². The number of rotatable bonds is 7. The van der Waals surface area contributed by atoms with Gasteiger partial charge in [-0.05, 0) is 92.0 Å². The van der Waals surface area contributed by atoms with Crippen molar-refractivity contribution in [2.45, 2.75) is 68.1 Å². The Morgan fingerprint density at radius 1 is 0.750 bits per heavy atom. The van der Waals surface area contributed by atoms with Crippen LogP contribution in [0.25, 0.3) is 22.1 Å². The van der Waals surface area contributed by atoms with Crippen molar-refractivity contribution in [3.05, 3.63) is 82.7 Å². The van der Waals surface area contributed by atoms with Crippen LogP contribution in [0.5, 0.6) is 0 Å². The molecule has 6 N–H and O–H groups in total. The van der Waals surface area contributed by atoms with Gasteiger partial charge in [0, 0.05) is 57.9 Å². The second kappa shape index (κ2) is 14.7. The van der Waals surface area contributed by atoms with Crippen LogP contribution >= 0.6 is 23.5 Å². The molecule has 1 amide bonds. The molecule has 2 atom stereocenters. The third-order valence-electron chi connectivity index (χ3n) is 10.8. The summed E-state index contributed by atoms with van der Waals surface area (Å²) in [5, 5.41) is 21.2. The minimum atomic E-state index is -0.762. The third kappa shape index (κ3) is 6.87. The molecule has 16 heteroatoms. The van der Waals surface area contributed by atoms with Crippen LogP contribution in [-0.2, 0) is 57.7 Å². The van der Waals surface area contributed by atoms with Gasteiger partial charge in [0.15, 0.2) is 10.2 Å². The largest absolute Gasteiger partial charge is 0.481 e. The zero-order chi connectivity index (χ0) is 38.5. The lowest BCUT2D eigenvalue weighted by molar-refractivity contribution is -0.142. The zero-order valence-electron chi connectivity index (χ0n) is 30.3. The summed E-state index contributed by atoms with van der Waals surface area (Å²) >= 11 is 2.55. The van der Waals surface area contributed by atoms with E-state index in [2.05, 4.69) is 45.9 Å². The molecule has 2 unspecified atom stereocenters. The molecule has 4 aromatic heterocycles. The molecule has 4 aliphatic rings. The Labute approximate surface area is 328 Å². The number of aliphatic carboxylic acids is 1. The Morgan fingerprint density at radius 2 is 1.25 bits per heavy atom. The standard InChI is InChI=1S/C21H21N5O2S.C19H16N4O3S/c1-2-22-21(28)12-4-6-15-14(7-12)18-19(23-10-24-20(18)26-15)25-13-5-3-11-8-17(27)29-16(11)9-13;24-15-6-9-1-3-11(7-14(9)27-15)22-17-16-12-5-10(19(25)26)2-4-13(12)23-18(16)21-8-20-17/h3,5,9-10,12H,2,4,6-8H2,1H3,(H,22,28)(H2,23,24,25,26);1,3,7-8,10H,2,4-6H2,(H,25,26)(H2,20,21,22,23). The van der Waals surface area contributed by atoms with Gasteiger partial charge in [0.1, 0.15) is 35.6 Å². The number of nitrogens with zero attached hydrogens (tertiary/aromatic N) is 4. The number of carboxylic acid groups (broad SMARTS) is 1. The number of nitrogens with one attached hydrogen (secondary N) is 5. The van der Waals surface area contributed by atoms with Crippen molar-refractivity contribution in [1.29, 1.82) is 0 Å². The number of aryl methyl sites for hydroxylation is 2. The number of benzene rings is 2. The van der Waals surface area contributed by atoms with Gasteiger partial charge < -0.3 is 31.0 Å². The molecule has 10 rings (SSSR count). The molecule has 0 radical (unpaired) electrons. The molecule has 2 aromatic carbocycles. The molecule has 14 nitrogen and oxygen atoms in total. The van der Waals surface area contributed by atoms with Gasteiger partial charge in [-0.1, -0.05) is 35.7 Å². The maximum atomic E-state index is 12.4. The first kappa shape index (κ1) is 35.9. The molecular weight excluding hydrogens is 751 g/mol. The van der Waals surface area contributed by atoms with E-state index < -0.39 is 5.97 Å². The van der Waals surface area contributed by atoms with E-state index in [1.54, 1.807) is 6.33 Å². The average Bonchev–Trinajstić information content (AvgIpc) is 3.96. The molecular formula is C40H37N9O5S2. The van der Waals surface area contributed by atoms with E-state index in [0.29, 0.717) is 56.5 Å². The quantitative estimate of drug-likeness (QED) is 0.107. The number of thioether (sulfide) groups is 2. The Bertz CT molecular complexity index is 2600. The second-order valence-electron chi connectivity index (χ2n) is 14.4. The third-order valence-corrected chi connectivity index (χ3v) is 12.7. The highest BCUT2D eigenvalue weighted by Crippen LogP contribution is 2.40. The summed E-state index contributed by atoms with van der Waals surface area (Å²) in [6.07, 6.45) is 8.12. The molecule has 0 fully saturated rings. The van der Waals surface area contributed by atoms with Crippen LogP contribution in [0.4, 0.5) is 23.0 Å². The lowest BCUT2D eigenvalue weighted by atomic mass is 9.86. The van der Waals surface area contributed by atoms with Crippen LogP contribution in [0.2, 0.25) is 0 Å². The van der Waals surface area contributed by atoms with E-state index in [9.17, 15) is 24.3 Å². The lowest BCUT2D eigenvalue weighted by Gasteiger charge is -2.21. The number of aromatic amines is 2. The van der Waals surface area contributed by atoms with E-state index in [1.165, 1.54) is 29.9 Å². The molecule has 0 bridgehead atoms. The van der Waals surface area contributed by atoms with Gasteiger partial charge in [-0.3, -0.25) is 19.2 Å². The van der Waals surface area contributed by atoms with E-state index in [-0.39, 0.29) is 28.0 Å². The Hall–Kier alpha value is -5.74. The van der Waals surface area contributed by atoms with Crippen molar-refractivity contribution in [3.8, 4) is 0 Å². The van der Waals surface area contributed by atoms with E-state index in [1.807, 2.05) is 43.3 Å². The van der Waals surface area contributed by atoms with Crippen molar-refractivity contribution in [2.24, 2.45) is 11.8 Å². The minimum absolute atomic E-state index is 0.0306. The maximum Gasteiger partial charge on any atom is 0.306 e. The summed E-state index contributed by atoms with van der Waals surface area (Å²) in [6.45, 7) is 2.58. The topological polar surface area (TPSA) is 208 Å². The summed E-state index contributed by atoms with van der Waals surface area (Å²) in [5.41, 5.74) is 9.64. The highest BCUT2D eigenvalue weighted by atomic mass is 32.2. The van der Waals surface area contributed by atoms with Crippen LogP contribution in [0.15, 0.2) is 58.8 Å². The normalized spacial score (nSPS) is 18.1. The van der Waals surface area contributed by atoms with Gasteiger partial charge in [0.25, 0.3) is 0 Å². The maximum absolute atomic E-state index is 12.4. The first-order chi connectivity index (χ1) is 27.2. The predicted octanol–water partition coefficient (Wildman–Crippen LogP) is 6.18. The van der Waals surface area contributed by atoms with Crippen molar-refractivity contribution in [2.75, 3.05) is 17.2 Å². The number of carbonyl (C=O) groups excluding carboxylic acids is 3. The van der Waals surface area contributed by atoms with Crippen molar-refractivity contribution in [1.82, 2.24) is 35.2 Å². The fourth-order valence-electron chi connectivity index (χ4n) is 8.07. The average molecular weight is 788 g/mol. The SMILES string of the molecule is CCNC(=O)C1CCc2[nH]c3ncnc(Nc4ccc5c(c4)SC(=O)C5)c3c2C1.O=C1Cc2ccc(Nc3ncnc4[nH]c5c(c34)CC(C(=O)O)CC5)cc2S1. The van der Waals surface area contributed by atoms with Crippen LogP contribution in [-0.4, -0.2) is 63.7 Å². The summed E-state index contributed by atoms with van der Waals surface area (Å²) in [6, 6.07) is 11.8. The monoisotopic (exact) mass is 787 g/mol. The fraction of sp³-hybridized carbons (Fsp3) is 0.300. The molecule has 6 heterocycles. The lowest BCUT2D eigenvalue weighted by Crippen LogP contribution is -2.33. The first-order valence-electron chi connectivity index (χ1n) is 18.6. The summed E-state index contributed by atoms with van der Waals surface area (Å²) in [4.78, 5) is 73.4. The number of carbonyl (C=O) groups is 4. The fourth-order valence-corrected chi connectivity index (χ4v) is 9.93. The van der Waals surface area contributed by atoms with Crippen molar-refractivity contribution >= 4 is 90.7 Å². The second-order valence-corrected chi connectivity index (χ2v) is 16.6. The van der Waals surface area contributed by atoms with Gasteiger partial charge in [-0.15, -0.1) is 0 Å². The van der Waals surface area contributed by atoms with Gasteiger partial charge in [0.05, 0.1) is 16.7 Å².